The molecule has 5 nitrogen and oxygen atoms in total. The van der Waals surface area contributed by atoms with Gasteiger partial charge < -0.3 is 0 Å². The fourth-order valence-corrected chi connectivity index (χ4v) is 3.27. The molecule has 0 saturated carbocycles. The Morgan fingerprint density at radius 2 is 2.18 bits per heavy atom. The van der Waals surface area contributed by atoms with E-state index in [0.717, 1.165) is 11.8 Å². The molecule has 0 fully saturated rings. The van der Waals surface area contributed by atoms with Crippen molar-refractivity contribution in [3.05, 3.63) is 12.3 Å². The van der Waals surface area contributed by atoms with Gasteiger partial charge in [-0.05, 0) is 17.9 Å². The van der Waals surface area contributed by atoms with Gasteiger partial charge in [0.25, 0.3) is 10.0 Å². The Hall–Kier alpha value is -0.400. The van der Waals surface area contributed by atoms with Gasteiger partial charge in [-0.2, -0.15) is 5.10 Å². The standard InChI is InChI=1S/C10H18BrN3O2S/c1-10(2,3)8(4-6-11)14-17(15,16)9-5-7-12-13-9/h5,7-8,14H,4,6H2,1-3H3,(H,12,13). The normalized spacial score (nSPS) is 14.8. The topological polar surface area (TPSA) is 74.8 Å². The Kier molecular flexibility index (Phi) is 4.74. The summed E-state index contributed by atoms with van der Waals surface area (Å²) in [5, 5.41) is 6.96. The Bertz CT molecular complexity index is 437. The van der Waals surface area contributed by atoms with Gasteiger partial charge in [0.1, 0.15) is 0 Å². The maximum atomic E-state index is 12.0. The highest BCUT2D eigenvalue weighted by Gasteiger charge is 2.29. The molecule has 0 amide bonds. The predicted octanol–water partition coefficient (Wildman–Crippen LogP) is 1.89. The molecular weight excluding hydrogens is 306 g/mol. The highest BCUT2D eigenvalue weighted by atomic mass is 79.9. The van der Waals surface area contributed by atoms with E-state index in [1.54, 1.807) is 0 Å². The lowest BCUT2D eigenvalue weighted by Gasteiger charge is -2.30. The summed E-state index contributed by atoms with van der Waals surface area (Å²) in [5.41, 5.74) is -0.138. The van der Waals surface area contributed by atoms with Crippen molar-refractivity contribution >= 4 is 26.0 Å². The summed E-state index contributed by atoms with van der Waals surface area (Å²) < 4.78 is 26.8. The zero-order chi connectivity index (χ0) is 13.1. The summed E-state index contributed by atoms with van der Waals surface area (Å²) in [6.45, 7) is 6.03. The van der Waals surface area contributed by atoms with Gasteiger partial charge in [-0.3, -0.25) is 5.10 Å². The second-order valence-corrected chi connectivity index (χ2v) is 7.41. The number of nitrogens with one attached hydrogen (secondary N) is 2. The number of aromatic amines is 1. The van der Waals surface area contributed by atoms with Gasteiger partial charge in [0.15, 0.2) is 5.03 Å². The SMILES string of the molecule is CC(C)(C)C(CCBr)NS(=O)(=O)c1ccn[nH]1. The predicted molar refractivity (Wildman–Crippen MR) is 70.6 cm³/mol. The van der Waals surface area contributed by atoms with Crippen molar-refractivity contribution in [3.8, 4) is 0 Å². The van der Waals surface area contributed by atoms with Crippen LogP contribution in [0.5, 0.6) is 0 Å². The third-order valence-electron chi connectivity index (χ3n) is 2.51. The average molecular weight is 324 g/mol. The van der Waals surface area contributed by atoms with Crippen LogP contribution in [0, 0.1) is 5.41 Å². The van der Waals surface area contributed by atoms with Crippen molar-refractivity contribution < 1.29 is 8.42 Å². The highest BCUT2D eigenvalue weighted by molar-refractivity contribution is 9.09. The van der Waals surface area contributed by atoms with E-state index in [2.05, 4.69) is 30.8 Å². The largest absolute Gasteiger partial charge is 0.266 e. The van der Waals surface area contributed by atoms with Crippen molar-refractivity contribution in [1.82, 2.24) is 14.9 Å². The number of rotatable bonds is 5. The number of sulfonamides is 1. The van der Waals surface area contributed by atoms with Gasteiger partial charge in [-0.1, -0.05) is 36.7 Å². The lowest BCUT2D eigenvalue weighted by Crippen LogP contribution is -2.44. The molecule has 0 radical (unpaired) electrons. The second kappa shape index (κ2) is 5.49. The molecule has 17 heavy (non-hydrogen) atoms. The molecule has 0 spiro atoms. The van der Waals surface area contributed by atoms with Crippen LogP contribution in [0.15, 0.2) is 17.3 Å². The molecule has 2 N–H and O–H groups in total. The first-order valence-corrected chi connectivity index (χ1v) is 7.95. The van der Waals surface area contributed by atoms with Crippen LogP contribution >= 0.6 is 15.9 Å². The molecule has 0 aliphatic heterocycles. The van der Waals surface area contributed by atoms with Crippen molar-refractivity contribution in [2.24, 2.45) is 5.41 Å². The molecule has 1 aromatic rings. The maximum absolute atomic E-state index is 12.0. The van der Waals surface area contributed by atoms with E-state index in [0.29, 0.717) is 0 Å². The third kappa shape index (κ3) is 4.08. The van der Waals surface area contributed by atoms with Crippen molar-refractivity contribution in [1.29, 1.82) is 0 Å². The molecule has 7 heteroatoms. The number of H-pyrrole nitrogens is 1. The molecule has 1 aromatic heterocycles. The number of alkyl halides is 1. The average Bonchev–Trinajstić information content (AvgIpc) is 2.68. The minimum atomic E-state index is -3.51. The van der Waals surface area contributed by atoms with Gasteiger partial charge in [0, 0.05) is 11.4 Å². The highest BCUT2D eigenvalue weighted by Crippen LogP contribution is 2.24. The minimum absolute atomic E-state index is 0.0984. The van der Waals surface area contributed by atoms with E-state index in [4.69, 9.17) is 0 Å². The van der Waals surface area contributed by atoms with Gasteiger partial charge >= 0.3 is 0 Å². The van der Waals surface area contributed by atoms with Crippen molar-refractivity contribution in [2.45, 2.75) is 38.3 Å². The Balaban J connectivity index is 2.88. The summed E-state index contributed by atoms with van der Waals surface area (Å²) in [6.07, 6.45) is 2.15. The summed E-state index contributed by atoms with van der Waals surface area (Å²) in [4.78, 5) is 0. The van der Waals surface area contributed by atoms with Crippen LogP contribution in [0.2, 0.25) is 0 Å². The first-order chi connectivity index (χ1) is 7.77. The molecule has 0 bridgehead atoms. The zero-order valence-corrected chi connectivity index (χ0v) is 12.6. The fraction of sp³-hybridized carbons (Fsp3) is 0.700. The Morgan fingerprint density at radius 1 is 1.53 bits per heavy atom. The smallest absolute Gasteiger partial charge is 0.257 e. The molecule has 0 saturated heterocycles. The monoisotopic (exact) mass is 323 g/mol. The van der Waals surface area contributed by atoms with Crippen LogP contribution < -0.4 is 4.72 Å². The molecule has 0 aromatic carbocycles. The van der Waals surface area contributed by atoms with Crippen molar-refractivity contribution in [3.63, 3.8) is 0 Å². The van der Waals surface area contributed by atoms with E-state index >= 15 is 0 Å². The molecular formula is C10H18BrN3O2S. The third-order valence-corrected chi connectivity index (χ3v) is 4.36. The Morgan fingerprint density at radius 3 is 2.59 bits per heavy atom. The van der Waals surface area contributed by atoms with Crippen molar-refractivity contribution in [2.75, 3.05) is 5.33 Å². The zero-order valence-electron chi connectivity index (χ0n) is 10.2. The van der Waals surface area contributed by atoms with Crippen LogP contribution in [0.25, 0.3) is 0 Å². The van der Waals surface area contributed by atoms with E-state index < -0.39 is 10.0 Å². The van der Waals surface area contributed by atoms with Gasteiger partial charge in [-0.25, -0.2) is 13.1 Å². The van der Waals surface area contributed by atoms with Gasteiger partial charge in [0.2, 0.25) is 0 Å². The Labute approximate surface area is 111 Å². The minimum Gasteiger partial charge on any atom is -0.266 e. The molecule has 0 aliphatic rings. The quantitative estimate of drug-likeness (QED) is 0.812. The van der Waals surface area contributed by atoms with E-state index in [1.807, 2.05) is 20.8 Å². The number of aromatic nitrogens is 2. The summed E-state index contributed by atoms with van der Waals surface area (Å²) in [5.74, 6) is 0. The summed E-state index contributed by atoms with van der Waals surface area (Å²) in [6, 6.07) is 1.31. The van der Waals surface area contributed by atoms with E-state index in [1.165, 1.54) is 12.3 Å². The number of hydrogen-bond acceptors (Lipinski definition) is 3. The molecule has 1 unspecified atom stereocenters. The van der Waals surface area contributed by atoms with Gasteiger partial charge in [-0.15, -0.1) is 0 Å². The lowest BCUT2D eigenvalue weighted by atomic mass is 9.86. The van der Waals surface area contributed by atoms with Crippen LogP contribution in [0.1, 0.15) is 27.2 Å². The van der Waals surface area contributed by atoms with E-state index in [9.17, 15) is 8.42 Å². The van der Waals surface area contributed by atoms with Crippen LogP contribution in [0.3, 0.4) is 0 Å². The van der Waals surface area contributed by atoms with Crippen LogP contribution in [0.4, 0.5) is 0 Å². The molecule has 1 rings (SSSR count). The second-order valence-electron chi connectivity index (χ2n) is 4.94. The van der Waals surface area contributed by atoms with Gasteiger partial charge in [0.05, 0.1) is 6.20 Å². The van der Waals surface area contributed by atoms with Crippen LogP contribution in [-0.4, -0.2) is 30.0 Å². The van der Waals surface area contributed by atoms with Crippen LogP contribution in [-0.2, 0) is 10.0 Å². The summed E-state index contributed by atoms with van der Waals surface area (Å²) >= 11 is 3.34. The summed E-state index contributed by atoms with van der Waals surface area (Å²) in [7, 11) is -3.51. The number of nitrogens with zero attached hydrogens (tertiary/aromatic N) is 1. The molecule has 1 heterocycles. The molecule has 1 atom stereocenters. The molecule has 0 aliphatic carbocycles. The number of hydrogen-bond donors (Lipinski definition) is 2. The lowest BCUT2D eigenvalue weighted by molar-refractivity contribution is 0.293. The maximum Gasteiger partial charge on any atom is 0.257 e. The first kappa shape index (κ1) is 14.7. The first-order valence-electron chi connectivity index (χ1n) is 5.35. The molecule has 98 valence electrons. The number of halogens is 1. The van der Waals surface area contributed by atoms with E-state index in [-0.39, 0.29) is 16.5 Å². The fourth-order valence-electron chi connectivity index (χ4n) is 1.42.